The highest BCUT2D eigenvalue weighted by Crippen LogP contribution is 2.16. The fourth-order valence-corrected chi connectivity index (χ4v) is 5.13. The van der Waals surface area contributed by atoms with E-state index in [1.165, 1.54) is 70.6 Å². The molecule has 0 aliphatic heterocycles. The van der Waals surface area contributed by atoms with Gasteiger partial charge in [0.05, 0.1) is 0 Å². The third kappa shape index (κ3) is 30.2. The van der Waals surface area contributed by atoms with Crippen molar-refractivity contribution in [2.45, 2.75) is 195 Å². The lowest BCUT2D eigenvalue weighted by Crippen LogP contribution is -2.30. The van der Waals surface area contributed by atoms with Crippen molar-refractivity contribution in [3.8, 4) is 0 Å². The number of ether oxygens (including phenoxy) is 3. The summed E-state index contributed by atoms with van der Waals surface area (Å²) in [5.41, 5.74) is 0. The maximum Gasteiger partial charge on any atom is 0.306 e. The van der Waals surface area contributed by atoms with Crippen molar-refractivity contribution in [2.24, 2.45) is 11.8 Å². The van der Waals surface area contributed by atoms with Gasteiger partial charge in [-0.25, -0.2) is 0 Å². The Bertz CT molecular complexity index is 661. The van der Waals surface area contributed by atoms with Crippen molar-refractivity contribution >= 4 is 17.9 Å². The second kappa shape index (κ2) is 30.4. The van der Waals surface area contributed by atoms with Gasteiger partial charge >= 0.3 is 17.9 Å². The lowest BCUT2D eigenvalue weighted by molar-refractivity contribution is -0.167. The van der Waals surface area contributed by atoms with E-state index >= 15 is 0 Å². The number of hydrogen-bond donors (Lipinski definition) is 0. The Balaban J connectivity index is 4.29. The molecule has 0 N–H and O–H groups in total. The summed E-state index contributed by atoms with van der Waals surface area (Å²) in [7, 11) is 0. The van der Waals surface area contributed by atoms with E-state index in [1.54, 1.807) is 0 Å². The molecule has 0 rings (SSSR count). The topological polar surface area (TPSA) is 78.9 Å². The number of carbonyl (C=O) groups is 3. The second-order valence-corrected chi connectivity index (χ2v) is 13.2. The van der Waals surface area contributed by atoms with Gasteiger partial charge < -0.3 is 14.2 Å². The first-order valence-electron chi connectivity index (χ1n) is 18.3. The first kappa shape index (κ1) is 41.4. The van der Waals surface area contributed by atoms with Crippen LogP contribution in [0.1, 0.15) is 189 Å². The predicted molar refractivity (Wildman–Crippen MR) is 178 cm³/mol. The molecule has 0 saturated heterocycles. The first-order chi connectivity index (χ1) is 20.8. The minimum Gasteiger partial charge on any atom is -0.462 e. The molecule has 1 unspecified atom stereocenters. The molecule has 0 amide bonds. The highest BCUT2D eigenvalue weighted by atomic mass is 16.6. The van der Waals surface area contributed by atoms with E-state index in [4.69, 9.17) is 14.2 Å². The Morgan fingerprint density at radius 2 is 0.884 bits per heavy atom. The van der Waals surface area contributed by atoms with Crippen LogP contribution in [0.25, 0.3) is 0 Å². The largest absolute Gasteiger partial charge is 0.462 e. The van der Waals surface area contributed by atoms with E-state index in [0.717, 1.165) is 76.0 Å². The van der Waals surface area contributed by atoms with Crippen molar-refractivity contribution in [3.05, 3.63) is 0 Å². The van der Waals surface area contributed by atoms with E-state index in [1.807, 2.05) is 0 Å². The van der Waals surface area contributed by atoms with Gasteiger partial charge in [-0.1, -0.05) is 150 Å². The smallest absolute Gasteiger partial charge is 0.306 e. The Kier molecular flexibility index (Phi) is 29.3. The van der Waals surface area contributed by atoms with Crippen molar-refractivity contribution < 1.29 is 28.6 Å². The van der Waals surface area contributed by atoms with Crippen LogP contribution in [0.15, 0.2) is 0 Å². The van der Waals surface area contributed by atoms with E-state index in [0.29, 0.717) is 19.3 Å². The highest BCUT2D eigenvalue weighted by Gasteiger charge is 2.19. The molecule has 0 aromatic carbocycles. The molecule has 0 aromatic heterocycles. The van der Waals surface area contributed by atoms with E-state index in [9.17, 15) is 14.4 Å². The van der Waals surface area contributed by atoms with Crippen LogP contribution in [0.3, 0.4) is 0 Å². The summed E-state index contributed by atoms with van der Waals surface area (Å²) in [6, 6.07) is 0. The number of unbranched alkanes of at least 4 members (excludes halogenated alkanes) is 15. The summed E-state index contributed by atoms with van der Waals surface area (Å²) in [6.07, 6.45) is 24.1. The summed E-state index contributed by atoms with van der Waals surface area (Å²) < 4.78 is 16.4. The molecule has 6 heteroatoms. The molecule has 0 aliphatic carbocycles. The normalized spacial score (nSPS) is 12.7. The quantitative estimate of drug-likeness (QED) is 0.0441. The Labute approximate surface area is 266 Å². The number of carbonyl (C=O) groups excluding carboxylic acids is 3. The lowest BCUT2D eigenvalue weighted by Gasteiger charge is -2.18. The molecule has 0 radical (unpaired) electrons. The van der Waals surface area contributed by atoms with Crippen molar-refractivity contribution in [2.75, 3.05) is 13.2 Å². The molecule has 0 fully saturated rings. The SMILES string of the molecule is CCCCCCCC(=O)O[C@@H](COC(=O)CCCCCCCCCC(C)C)COC(=O)CCCCCCCCC(C)CC. The minimum absolute atomic E-state index is 0.0693. The molecule has 2 atom stereocenters. The van der Waals surface area contributed by atoms with Crippen LogP contribution in [0.2, 0.25) is 0 Å². The molecule has 0 aromatic rings. The number of hydrogen-bond acceptors (Lipinski definition) is 6. The molecule has 0 aliphatic rings. The Hall–Kier alpha value is -1.59. The van der Waals surface area contributed by atoms with E-state index in [2.05, 4.69) is 34.6 Å². The third-order valence-corrected chi connectivity index (χ3v) is 8.33. The van der Waals surface area contributed by atoms with Gasteiger partial charge in [-0.2, -0.15) is 0 Å². The summed E-state index contributed by atoms with van der Waals surface area (Å²) in [5.74, 6) is 0.706. The maximum atomic E-state index is 12.4. The standard InChI is InChI=1S/C37H70O6/c1-6-8-9-15-24-29-37(40)43-34(30-41-35(38)27-22-18-12-10-11-16-20-25-32(3)4)31-42-36(39)28-23-19-14-13-17-21-26-33(5)7-2/h32-34H,6-31H2,1-5H3/t33?,34-/m0/s1. The monoisotopic (exact) mass is 611 g/mol. The second-order valence-electron chi connectivity index (χ2n) is 13.2. The van der Waals surface area contributed by atoms with Crippen LogP contribution in [0.5, 0.6) is 0 Å². The van der Waals surface area contributed by atoms with Gasteiger partial charge in [0, 0.05) is 19.3 Å². The zero-order chi connectivity index (χ0) is 32.0. The molecular formula is C37H70O6. The van der Waals surface area contributed by atoms with Gasteiger partial charge in [-0.15, -0.1) is 0 Å². The van der Waals surface area contributed by atoms with Gasteiger partial charge in [0.15, 0.2) is 6.10 Å². The zero-order valence-electron chi connectivity index (χ0n) is 29.1. The van der Waals surface area contributed by atoms with Crippen LogP contribution < -0.4 is 0 Å². The van der Waals surface area contributed by atoms with E-state index < -0.39 is 6.10 Å². The van der Waals surface area contributed by atoms with Crippen molar-refractivity contribution in [1.82, 2.24) is 0 Å². The number of esters is 3. The van der Waals surface area contributed by atoms with Crippen LogP contribution in [-0.4, -0.2) is 37.2 Å². The molecule has 0 bridgehead atoms. The maximum absolute atomic E-state index is 12.4. The van der Waals surface area contributed by atoms with Crippen LogP contribution in [0, 0.1) is 11.8 Å². The lowest BCUT2D eigenvalue weighted by atomic mass is 10.00. The van der Waals surface area contributed by atoms with Crippen LogP contribution in [0.4, 0.5) is 0 Å². The van der Waals surface area contributed by atoms with Crippen molar-refractivity contribution in [3.63, 3.8) is 0 Å². The molecule has 0 saturated carbocycles. The predicted octanol–water partition coefficient (Wildman–Crippen LogP) is 10.7. The van der Waals surface area contributed by atoms with Gasteiger partial charge in [0.25, 0.3) is 0 Å². The summed E-state index contributed by atoms with van der Waals surface area (Å²) in [4.78, 5) is 37.1. The molecule has 6 nitrogen and oxygen atoms in total. The highest BCUT2D eigenvalue weighted by molar-refractivity contribution is 5.71. The average Bonchev–Trinajstić information content (AvgIpc) is 2.98. The average molecular weight is 611 g/mol. The summed E-state index contributed by atoms with van der Waals surface area (Å²) in [5, 5.41) is 0. The first-order valence-corrected chi connectivity index (χ1v) is 18.3. The van der Waals surface area contributed by atoms with Crippen molar-refractivity contribution in [1.29, 1.82) is 0 Å². The molecule has 0 heterocycles. The summed E-state index contributed by atoms with van der Waals surface area (Å²) in [6.45, 7) is 11.1. The van der Waals surface area contributed by atoms with Gasteiger partial charge in [0.1, 0.15) is 13.2 Å². The number of rotatable bonds is 31. The fraction of sp³-hybridized carbons (Fsp3) is 0.919. The fourth-order valence-electron chi connectivity index (χ4n) is 5.13. The minimum atomic E-state index is -0.757. The Morgan fingerprint density at radius 3 is 1.33 bits per heavy atom. The molecular weight excluding hydrogens is 540 g/mol. The zero-order valence-corrected chi connectivity index (χ0v) is 29.1. The van der Waals surface area contributed by atoms with E-state index in [-0.39, 0.29) is 31.1 Å². The van der Waals surface area contributed by atoms with Gasteiger partial charge in [0.2, 0.25) is 0 Å². The van der Waals surface area contributed by atoms with Crippen LogP contribution >= 0.6 is 0 Å². The van der Waals surface area contributed by atoms with Gasteiger partial charge in [-0.05, 0) is 31.1 Å². The summed E-state index contributed by atoms with van der Waals surface area (Å²) >= 11 is 0. The molecule has 43 heavy (non-hydrogen) atoms. The third-order valence-electron chi connectivity index (χ3n) is 8.33. The molecule has 254 valence electrons. The van der Waals surface area contributed by atoms with Gasteiger partial charge in [-0.3, -0.25) is 14.4 Å². The van der Waals surface area contributed by atoms with Crippen LogP contribution in [-0.2, 0) is 28.6 Å². The Morgan fingerprint density at radius 1 is 0.488 bits per heavy atom. The molecule has 0 spiro atoms.